The fourth-order valence-electron chi connectivity index (χ4n) is 1.10. The highest BCUT2D eigenvalue weighted by molar-refractivity contribution is 5.67. The summed E-state index contributed by atoms with van der Waals surface area (Å²) < 4.78 is 9.55. The van der Waals surface area contributed by atoms with Crippen LogP contribution in [0.15, 0.2) is 18.2 Å². The van der Waals surface area contributed by atoms with Gasteiger partial charge in [0.05, 0.1) is 4.92 Å². The second kappa shape index (κ2) is 4.91. The van der Waals surface area contributed by atoms with Crippen molar-refractivity contribution in [3.8, 4) is 11.5 Å². The van der Waals surface area contributed by atoms with Gasteiger partial charge in [0.1, 0.15) is 11.4 Å². The van der Waals surface area contributed by atoms with Gasteiger partial charge < -0.3 is 14.6 Å². The number of rotatable bonds is 2. The second-order valence-electron chi connectivity index (χ2n) is 4.48. The maximum absolute atomic E-state index is 11.4. The van der Waals surface area contributed by atoms with Gasteiger partial charge in [-0.1, -0.05) is 0 Å². The summed E-state index contributed by atoms with van der Waals surface area (Å²) >= 11 is 0. The van der Waals surface area contributed by atoms with Gasteiger partial charge in [-0.2, -0.15) is 0 Å². The number of carbonyl (C=O) groups is 1. The smallest absolute Gasteiger partial charge is 0.508 e. The minimum Gasteiger partial charge on any atom is -0.508 e. The monoisotopic (exact) mass is 255 g/mol. The van der Waals surface area contributed by atoms with Crippen LogP contribution >= 0.6 is 0 Å². The molecule has 0 amide bonds. The first-order chi connectivity index (χ1) is 8.19. The van der Waals surface area contributed by atoms with Crippen LogP contribution in [0.3, 0.4) is 0 Å². The fraction of sp³-hybridized carbons (Fsp3) is 0.364. The predicted octanol–water partition coefficient (Wildman–Crippen LogP) is 2.61. The molecule has 0 spiro atoms. The summed E-state index contributed by atoms with van der Waals surface area (Å²) in [5, 5.41) is 19.9. The van der Waals surface area contributed by atoms with E-state index in [1.165, 1.54) is 0 Å². The van der Waals surface area contributed by atoms with Crippen LogP contribution < -0.4 is 4.74 Å². The van der Waals surface area contributed by atoms with Crippen LogP contribution in [-0.2, 0) is 4.74 Å². The number of hydrogen-bond acceptors (Lipinski definition) is 6. The van der Waals surface area contributed by atoms with E-state index in [0.717, 1.165) is 18.2 Å². The summed E-state index contributed by atoms with van der Waals surface area (Å²) in [6.07, 6.45) is -1.07. The number of aromatic hydroxyl groups is 1. The number of phenols is 1. The van der Waals surface area contributed by atoms with Gasteiger partial charge in [-0.25, -0.2) is 4.79 Å². The van der Waals surface area contributed by atoms with E-state index >= 15 is 0 Å². The standard InChI is InChI=1S/C11H13NO6/c1-11(2,3)18-10(14)17-9-6-7(13)4-5-8(9)12(15)16/h4-6,13H,1-3H3. The van der Waals surface area contributed by atoms with Gasteiger partial charge in [-0.3, -0.25) is 10.1 Å². The van der Waals surface area contributed by atoms with Crippen molar-refractivity contribution >= 4 is 11.8 Å². The van der Waals surface area contributed by atoms with Gasteiger partial charge in [0, 0.05) is 12.1 Å². The summed E-state index contributed by atoms with van der Waals surface area (Å²) in [5.41, 5.74) is -1.21. The Morgan fingerprint density at radius 1 is 1.39 bits per heavy atom. The lowest BCUT2D eigenvalue weighted by Gasteiger charge is -2.18. The van der Waals surface area contributed by atoms with E-state index in [4.69, 9.17) is 9.47 Å². The Balaban J connectivity index is 2.93. The average Bonchev–Trinajstić information content (AvgIpc) is 2.13. The van der Waals surface area contributed by atoms with E-state index in [9.17, 15) is 20.0 Å². The van der Waals surface area contributed by atoms with Crippen LogP contribution in [0, 0.1) is 10.1 Å². The largest absolute Gasteiger partial charge is 0.514 e. The Bertz CT molecular complexity index is 477. The first-order valence-electron chi connectivity index (χ1n) is 5.07. The minimum absolute atomic E-state index is 0.251. The second-order valence-corrected chi connectivity index (χ2v) is 4.48. The number of hydrogen-bond donors (Lipinski definition) is 1. The lowest BCUT2D eigenvalue weighted by Crippen LogP contribution is -2.26. The van der Waals surface area contributed by atoms with Gasteiger partial charge in [0.25, 0.3) is 0 Å². The molecule has 0 saturated heterocycles. The zero-order valence-corrected chi connectivity index (χ0v) is 10.2. The van der Waals surface area contributed by atoms with E-state index in [2.05, 4.69) is 0 Å². The van der Waals surface area contributed by atoms with Crippen LogP contribution in [0.5, 0.6) is 11.5 Å². The fourth-order valence-corrected chi connectivity index (χ4v) is 1.10. The maximum Gasteiger partial charge on any atom is 0.514 e. The maximum atomic E-state index is 11.4. The van der Waals surface area contributed by atoms with Crippen molar-refractivity contribution in [2.75, 3.05) is 0 Å². The summed E-state index contributed by atoms with van der Waals surface area (Å²) in [5.74, 6) is -0.617. The molecule has 1 aromatic carbocycles. The van der Waals surface area contributed by atoms with Crippen molar-refractivity contribution in [1.82, 2.24) is 0 Å². The molecule has 18 heavy (non-hydrogen) atoms. The Hall–Kier alpha value is -2.31. The van der Waals surface area contributed by atoms with Crippen molar-refractivity contribution in [1.29, 1.82) is 0 Å². The first-order valence-corrected chi connectivity index (χ1v) is 5.07. The highest BCUT2D eigenvalue weighted by Gasteiger charge is 2.23. The molecule has 1 N–H and O–H groups in total. The molecule has 98 valence electrons. The lowest BCUT2D eigenvalue weighted by atomic mass is 10.2. The molecule has 7 nitrogen and oxygen atoms in total. The Kier molecular flexibility index (Phi) is 3.75. The van der Waals surface area contributed by atoms with Crippen molar-refractivity contribution in [2.24, 2.45) is 0 Å². The summed E-state index contributed by atoms with van der Waals surface area (Å²) in [6.45, 7) is 4.89. The van der Waals surface area contributed by atoms with E-state index in [1.807, 2.05) is 0 Å². The SMILES string of the molecule is CC(C)(C)OC(=O)Oc1cc(O)ccc1[N+](=O)[O-]. The molecule has 0 aliphatic heterocycles. The van der Waals surface area contributed by atoms with Gasteiger partial charge in [-0.05, 0) is 26.8 Å². The number of nitro benzene ring substituents is 1. The van der Waals surface area contributed by atoms with Gasteiger partial charge in [0.15, 0.2) is 0 Å². The third-order valence-electron chi connectivity index (χ3n) is 1.72. The van der Waals surface area contributed by atoms with E-state index in [-0.39, 0.29) is 11.5 Å². The summed E-state index contributed by atoms with van der Waals surface area (Å²) in [4.78, 5) is 21.3. The number of ether oxygens (including phenoxy) is 2. The number of benzene rings is 1. The molecule has 0 unspecified atom stereocenters. The molecule has 0 bridgehead atoms. The molecular weight excluding hydrogens is 242 g/mol. The van der Waals surface area contributed by atoms with Gasteiger partial charge in [0.2, 0.25) is 5.75 Å². The molecule has 1 rings (SSSR count). The molecule has 0 aromatic heterocycles. The topological polar surface area (TPSA) is 98.9 Å². The number of phenolic OH excluding ortho intramolecular Hbond substituents is 1. The zero-order chi connectivity index (χ0) is 13.9. The lowest BCUT2D eigenvalue weighted by molar-refractivity contribution is -0.385. The van der Waals surface area contributed by atoms with Crippen LogP contribution in [-0.4, -0.2) is 21.8 Å². The third kappa shape index (κ3) is 3.93. The molecule has 0 radical (unpaired) electrons. The van der Waals surface area contributed by atoms with Crippen LogP contribution in [0.25, 0.3) is 0 Å². The summed E-state index contributed by atoms with van der Waals surface area (Å²) in [6, 6.07) is 3.14. The Morgan fingerprint density at radius 3 is 2.50 bits per heavy atom. The number of nitro groups is 1. The predicted molar refractivity (Wildman–Crippen MR) is 61.6 cm³/mol. The van der Waals surface area contributed by atoms with Crippen LogP contribution in [0.4, 0.5) is 10.5 Å². The highest BCUT2D eigenvalue weighted by Crippen LogP contribution is 2.31. The van der Waals surface area contributed by atoms with Gasteiger partial charge >= 0.3 is 11.8 Å². The summed E-state index contributed by atoms with van der Waals surface area (Å²) in [7, 11) is 0. The molecule has 0 aliphatic rings. The minimum atomic E-state index is -1.07. The molecule has 0 aliphatic carbocycles. The number of carbonyl (C=O) groups excluding carboxylic acids is 1. The van der Waals surface area contributed by atoms with Crippen LogP contribution in [0.1, 0.15) is 20.8 Å². The molecule has 1 aromatic rings. The quantitative estimate of drug-likeness (QED) is 0.377. The zero-order valence-electron chi connectivity index (χ0n) is 10.2. The Morgan fingerprint density at radius 2 is 2.00 bits per heavy atom. The van der Waals surface area contributed by atoms with Crippen molar-refractivity contribution in [3.05, 3.63) is 28.3 Å². The van der Waals surface area contributed by atoms with E-state index < -0.39 is 22.4 Å². The first kappa shape index (κ1) is 13.8. The molecule has 0 saturated carbocycles. The van der Waals surface area contributed by atoms with Crippen molar-refractivity contribution in [2.45, 2.75) is 26.4 Å². The van der Waals surface area contributed by atoms with E-state index in [0.29, 0.717) is 0 Å². The highest BCUT2D eigenvalue weighted by atomic mass is 16.7. The molecule has 0 atom stereocenters. The van der Waals surface area contributed by atoms with Crippen LogP contribution in [0.2, 0.25) is 0 Å². The van der Waals surface area contributed by atoms with E-state index in [1.54, 1.807) is 20.8 Å². The molecule has 0 fully saturated rings. The van der Waals surface area contributed by atoms with Crippen molar-refractivity contribution < 1.29 is 24.3 Å². The normalized spacial score (nSPS) is 10.8. The third-order valence-corrected chi connectivity index (χ3v) is 1.72. The van der Waals surface area contributed by atoms with Crippen molar-refractivity contribution in [3.63, 3.8) is 0 Å². The Labute approximate surface area is 103 Å². The average molecular weight is 255 g/mol. The molecular formula is C11H13NO6. The molecule has 7 heteroatoms. The number of nitrogens with zero attached hydrogens (tertiary/aromatic N) is 1. The molecule has 0 heterocycles. The van der Waals surface area contributed by atoms with Gasteiger partial charge in [-0.15, -0.1) is 0 Å².